The van der Waals surface area contributed by atoms with E-state index < -0.39 is 0 Å². The molecular weight excluding hydrogens is 434 g/mol. The lowest BCUT2D eigenvalue weighted by Crippen LogP contribution is -2.29. The number of carbonyl (C=O) groups excluding carboxylic acids is 1. The van der Waals surface area contributed by atoms with Crippen LogP contribution in [0.3, 0.4) is 0 Å². The van der Waals surface area contributed by atoms with E-state index >= 15 is 0 Å². The van der Waals surface area contributed by atoms with Crippen molar-refractivity contribution in [3.63, 3.8) is 0 Å². The van der Waals surface area contributed by atoms with Crippen molar-refractivity contribution in [3.8, 4) is 22.1 Å². The van der Waals surface area contributed by atoms with Crippen molar-refractivity contribution >= 4 is 17.2 Å². The molecular formula is C25H35N5O2S. The highest BCUT2D eigenvalue weighted by molar-refractivity contribution is 7.13. The number of methoxy groups -OCH3 is 1. The molecule has 0 bridgehead atoms. The fourth-order valence-electron chi connectivity index (χ4n) is 3.94. The Hall–Kier alpha value is -2.58. The Kier molecular flexibility index (Phi) is 9.57. The maximum absolute atomic E-state index is 13.1. The van der Waals surface area contributed by atoms with Crippen molar-refractivity contribution in [2.45, 2.75) is 59.4 Å². The van der Waals surface area contributed by atoms with Crippen LogP contribution in [0.15, 0.2) is 30.0 Å². The largest absolute Gasteiger partial charge is 0.385 e. The summed E-state index contributed by atoms with van der Waals surface area (Å²) in [5, 5.41) is 6.01. The maximum atomic E-state index is 13.1. The van der Waals surface area contributed by atoms with Crippen LogP contribution < -0.4 is 5.32 Å². The molecule has 1 amide bonds. The zero-order valence-electron chi connectivity index (χ0n) is 20.1. The lowest BCUT2D eigenvalue weighted by Gasteiger charge is -2.15. The van der Waals surface area contributed by atoms with Gasteiger partial charge >= 0.3 is 0 Å². The smallest absolute Gasteiger partial charge is 0.253 e. The van der Waals surface area contributed by atoms with E-state index in [0.717, 1.165) is 53.6 Å². The third-order valence-corrected chi connectivity index (χ3v) is 6.85. The van der Waals surface area contributed by atoms with Crippen LogP contribution in [-0.2, 0) is 11.3 Å². The van der Waals surface area contributed by atoms with Gasteiger partial charge in [0.2, 0.25) is 0 Å². The monoisotopic (exact) mass is 469 g/mol. The average molecular weight is 470 g/mol. The SMILES string of the molecule is CCCCC(CC)CNC(=O)c1cc(-c2csc(-c3cnccn3)n2)n(CCCOC)c1C. The van der Waals surface area contributed by atoms with E-state index in [1.165, 1.54) is 24.2 Å². The summed E-state index contributed by atoms with van der Waals surface area (Å²) < 4.78 is 7.43. The predicted molar refractivity (Wildman–Crippen MR) is 133 cm³/mol. The molecule has 1 N–H and O–H groups in total. The molecule has 1 unspecified atom stereocenters. The van der Waals surface area contributed by atoms with Crippen LogP contribution in [0.1, 0.15) is 62.0 Å². The minimum atomic E-state index is -0.0152. The Morgan fingerprint density at radius 2 is 2.09 bits per heavy atom. The number of hydrogen-bond donors (Lipinski definition) is 1. The fourth-order valence-corrected chi connectivity index (χ4v) is 4.71. The van der Waals surface area contributed by atoms with Crippen LogP contribution in [0.5, 0.6) is 0 Å². The molecule has 0 aliphatic heterocycles. The number of thiazole rings is 1. The third kappa shape index (κ3) is 6.48. The van der Waals surface area contributed by atoms with Crippen LogP contribution in [0.4, 0.5) is 0 Å². The molecule has 0 aliphatic carbocycles. The summed E-state index contributed by atoms with van der Waals surface area (Å²) >= 11 is 1.53. The molecule has 7 nitrogen and oxygen atoms in total. The van der Waals surface area contributed by atoms with Gasteiger partial charge in [-0.05, 0) is 31.7 Å². The van der Waals surface area contributed by atoms with E-state index in [4.69, 9.17) is 9.72 Å². The van der Waals surface area contributed by atoms with E-state index in [-0.39, 0.29) is 5.91 Å². The summed E-state index contributed by atoms with van der Waals surface area (Å²) in [6.45, 7) is 8.54. The Balaban J connectivity index is 1.85. The molecule has 0 aromatic carbocycles. The van der Waals surface area contributed by atoms with E-state index in [1.807, 2.05) is 18.4 Å². The average Bonchev–Trinajstić information content (AvgIpc) is 3.45. The predicted octanol–water partition coefficient (Wildman–Crippen LogP) is 5.36. The zero-order valence-corrected chi connectivity index (χ0v) is 21.0. The summed E-state index contributed by atoms with van der Waals surface area (Å²) in [6.07, 6.45) is 10.5. The number of nitrogens with zero attached hydrogens (tertiary/aromatic N) is 4. The number of carbonyl (C=O) groups is 1. The molecule has 1 atom stereocenters. The van der Waals surface area contributed by atoms with Gasteiger partial charge in [-0.1, -0.05) is 33.1 Å². The number of nitrogens with one attached hydrogen (secondary N) is 1. The quantitative estimate of drug-likeness (QED) is 0.341. The van der Waals surface area contributed by atoms with Crippen molar-refractivity contribution < 1.29 is 9.53 Å². The highest BCUT2D eigenvalue weighted by Gasteiger charge is 2.21. The number of amides is 1. The van der Waals surface area contributed by atoms with Gasteiger partial charge < -0.3 is 14.6 Å². The van der Waals surface area contributed by atoms with Crippen molar-refractivity contribution in [3.05, 3.63) is 41.3 Å². The number of aromatic nitrogens is 4. The first-order valence-electron chi connectivity index (χ1n) is 11.8. The highest BCUT2D eigenvalue weighted by atomic mass is 32.1. The van der Waals surface area contributed by atoms with Gasteiger partial charge in [-0.2, -0.15) is 0 Å². The molecule has 33 heavy (non-hydrogen) atoms. The first kappa shape index (κ1) is 25.1. The van der Waals surface area contributed by atoms with E-state index in [2.05, 4.69) is 33.7 Å². The Labute approximate surface area is 200 Å². The van der Waals surface area contributed by atoms with Gasteiger partial charge in [0.15, 0.2) is 0 Å². The maximum Gasteiger partial charge on any atom is 0.253 e. The van der Waals surface area contributed by atoms with Crippen LogP contribution >= 0.6 is 11.3 Å². The lowest BCUT2D eigenvalue weighted by atomic mass is 9.99. The minimum Gasteiger partial charge on any atom is -0.385 e. The second-order valence-electron chi connectivity index (χ2n) is 8.28. The fraction of sp³-hybridized carbons (Fsp3) is 0.520. The molecule has 0 fully saturated rings. The van der Waals surface area contributed by atoms with E-state index in [1.54, 1.807) is 25.7 Å². The molecule has 8 heteroatoms. The minimum absolute atomic E-state index is 0.0152. The summed E-state index contributed by atoms with van der Waals surface area (Å²) in [5.74, 6) is 0.504. The first-order valence-corrected chi connectivity index (χ1v) is 12.7. The van der Waals surface area contributed by atoms with E-state index in [0.29, 0.717) is 24.6 Å². The molecule has 3 aromatic rings. The van der Waals surface area contributed by atoms with Gasteiger partial charge in [-0.25, -0.2) is 4.98 Å². The lowest BCUT2D eigenvalue weighted by molar-refractivity contribution is 0.0945. The summed E-state index contributed by atoms with van der Waals surface area (Å²) in [4.78, 5) is 26.4. The molecule has 3 rings (SSSR count). The molecule has 0 saturated carbocycles. The Morgan fingerprint density at radius 3 is 2.79 bits per heavy atom. The summed E-state index contributed by atoms with van der Waals surface area (Å²) in [6, 6.07) is 1.97. The van der Waals surface area contributed by atoms with Crippen molar-refractivity contribution in [1.82, 2.24) is 24.8 Å². The molecule has 3 aromatic heterocycles. The second kappa shape index (κ2) is 12.6. The topological polar surface area (TPSA) is 81.9 Å². The second-order valence-corrected chi connectivity index (χ2v) is 9.14. The normalized spacial score (nSPS) is 12.1. The van der Waals surface area contributed by atoms with Crippen molar-refractivity contribution in [1.29, 1.82) is 0 Å². The summed E-state index contributed by atoms with van der Waals surface area (Å²) in [5.41, 5.74) is 4.20. The van der Waals surface area contributed by atoms with Crippen LogP contribution in [0, 0.1) is 12.8 Å². The molecule has 0 saturated heterocycles. The van der Waals surface area contributed by atoms with Gasteiger partial charge in [0.1, 0.15) is 10.7 Å². The number of unbranched alkanes of at least 4 members (excludes halogenated alkanes) is 1. The highest BCUT2D eigenvalue weighted by Crippen LogP contribution is 2.31. The van der Waals surface area contributed by atoms with Gasteiger partial charge in [-0.15, -0.1) is 11.3 Å². The van der Waals surface area contributed by atoms with E-state index in [9.17, 15) is 4.79 Å². The summed E-state index contributed by atoms with van der Waals surface area (Å²) in [7, 11) is 1.71. The first-order chi connectivity index (χ1) is 16.1. The third-order valence-electron chi connectivity index (χ3n) is 5.98. The Bertz CT molecular complexity index is 1020. The van der Waals surface area contributed by atoms with Gasteiger partial charge in [0, 0.05) is 50.3 Å². The van der Waals surface area contributed by atoms with Crippen LogP contribution in [0.25, 0.3) is 22.1 Å². The van der Waals surface area contributed by atoms with Crippen molar-refractivity contribution in [2.24, 2.45) is 5.92 Å². The van der Waals surface area contributed by atoms with Gasteiger partial charge in [-0.3, -0.25) is 14.8 Å². The van der Waals surface area contributed by atoms with Crippen LogP contribution in [0.2, 0.25) is 0 Å². The van der Waals surface area contributed by atoms with Crippen molar-refractivity contribution in [2.75, 3.05) is 20.3 Å². The van der Waals surface area contributed by atoms with Crippen LogP contribution in [-0.4, -0.2) is 45.7 Å². The molecule has 0 aliphatic rings. The van der Waals surface area contributed by atoms with Gasteiger partial charge in [0.05, 0.1) is 23.1 Å². The number of hydrogen-bond acceptors (Lipinski definition) is 6. The van der Waals surface area contributed by atoms with Gasteiger partial charge in [0.25, 0.3) is 5.91 Å². The number of ether oxygens (including phenoxy) is 1. The molecule has 3 heterocycles. The Morgan fingerprint density at radius 1 is 1.24 bits per heavy atom. The number of rotatable bonds is 13. The molecule has 178 valence electrons. The molecule has 0 spiro atoms. The standard InChI is InChI=1S/C25H35N5O2S/c1-5-7-9-19(6-2)15-28-24(31)20-14-23(30(18(20)3)12-8-13-32-4)22-17-33-25(29-22)21-16-26-10-11-27-21/h10-11,14,16-17,19H,5-9,12-13,15H2,1-4H3,(H,28,31). The zero-order chi connectivity index (χ0) is 23.6. The molecule has 0 radical (unpaired) electrons.